The van der Waals surface area contributed by atoms with Gasteiger partial charge in [-0.2, -0.15) is 0 Å². The van der Waals surface area contributed by atoms with Crippen molar-refractivity contribution in [2.75, 3.05) is 5.73 Å². The molecule has 0 saturated heterocycles. The monoisotopic (exact) mass is 240 g/mol. The van der Waals surface area contributed by atoms with Crippen molar-refractivity contribution in [2.45, 2.75) is 0 Å². The number of benzene rings is 2. The van der Waals surface area contributed by atoms with E-state index in [1.807, 2.05) is 36.4 Å². The van der Waals surface area contributed by atoms with Crippen LogP contribution in [0.3, 0.4) is 0 Å². The molecule has 0 aliphatic heterocycles. The van der Waals surface area contributed by atoms with Crippen LogP contribution in [0.2, 0.25) is 0 Å². The van der Waals surface area contributed by atoms with Gasteiger partial charge in [-0.1, -0.05) is 54.6 Å². The van der Waals surface area contributed by atoms with Crippen molar-refractivity contribution in [3.8, 4) is 0 Å². The molecule has 0 unspecified atom stereocenters. The summed E-state index contributed by atoms with van der Waals surface area (Å²) in [6.45, 7) is 0. The minimum absolute atomic E-state index is 0.0646. The molecule has 18 heavy (non-hydrogen) atoms. The lowest BCUT2D eigenvalue weighted by Gasteiger charge is -2.01. The van der Waals surface area contributed by atoms with Crippen LogP contribution in [0.15, 0.2) is 48.5 Å². The highest BCUT2D eigenvalue weighted by molar-refractivity contribution is 5.79. The second-order valence-electron chi connectivity index (χ2n) is 3.78. The Balaban J connectivity index is 2.33. The molecular formula is C14H12N2O2. The van der Waals surface area contributed by atoms with Crippen LogP contribution in [0.4, 0.5) is 11.4 Å². The Morgan fingerprint density at radius 1 is 1.00 bits per heavy atom. The number of nitro benzene ring substituents is 1. The summed E-state index contributed by atoms with van der Waals surface area (Å²) in [5, 5.41) is 10.7. The zero-order chi connectivity index (χ0) is 13.0. The van der Waals surface area contributed by atoms with Gasteiger partial charge in [0.2, 0.25) is 0 Å². The number of hydrogen-bond acceptors (Lipinski definition) is 3. The zero-order valence-corrected chi connectivity index (χ0v) is 9.61. The summed E-state index contributed by atoms with van der Waals surface area (Å²) in [6.07, 6.45) is 3.65. The van der Waals surface area contributed by atoms with Crippen molar-refractivity contribution >= 4 is 23.5 Å². The van der Waals surface area contributed by atoms with Crippen molar-refractivity contribution in [2.24, 2.45) is 0 Å². The summed E-state index contributed by atoms with van der Waals surface area (Å²) < 4.78 is 0. The van der Waals surface area contributed by atoms with E-state index in [9.17, 15) is 10.1 Å². The van der Waals surface area contributed by atoms with Gasteiger partial charge in [-0.15, -0.1) is 0 Å². The van der Waals surface area contributed by atoms with Crippen LogP contribution in [0, 0.1) is 10.1 Å². The summed E-state index contributed by atoms with van der Waals surface area (Å²) in [6, 6.07) is 14.5. The molecule has 2 aromatic carbocycles. The van der Waals surface area contributed by atoms with Crippen molar-refractivity contribution in [3.05, 3.63) is 69.8 Å². The molecule has 0 radical (unpaired) electrons. The van der Waals surface area contributed by atoms with Gasteiger partial charge < -0.3 is 5.73 Å². The predicted molar refractivity (Wildman–Crippen MR) is 72.9 cm³/mol. The number of nitrogens with zero attached hydrogens (tertiary/aromatic N) is 1. The van der Waals surface area contributed by atoms with E-state index in [0.717, 1.165) is 5.56 Å². The van der Waals surface area contributed by atoms with E-state index in [0.29, 0.717) is 5.56 Å². The Labute approximate surface area is 105 Å². The van der Waals surface area contributed by atoms with E-state index >= 15 is 0 Å². The Morgan fingerprint density at radius 3 is 2.39 bits per heavy atom. The molecule has 0 fully saturated rings. The molecule has 0 atom stereocenters. The van der Waals surface area contributed by atoms with Crippen LogP contribution < -0.4 is 5.73 Å². The summed E-state index contributed by atoms with van der Waals surface area (Å²) in [5.41, 5.74) is 7.54. The molecule has 4 heteroatoms. The van der Waals surface area contributed by atoms with Crippen molar-refractivity contribution in [1.82, 2.24) is 0 Å². The highest BCUT2D eigenvalue weighted by atomic mass is 16.6. The highest BCUT2D eigenvalue weighted by Gasteiger charge is 2.12. The van der Waals surface area contributed by atoms with E-state index in [1.165, 1.54) is 6.07 Å². The second kappa shape index (κ2) is 5.14. The first kappa shape index (κ1) is 11.9. The van der Waals surface area contributed by atoms with Crippen LogP contribution in [-0.2, 0) is 0 Å². The van der Waals surface area contributed by atoms with Gasteiger partial charge in [-0.05, 0) is 5.56 Å². The quantitative estimate of drug-likeness (QED) is 0.387. The summed E-state index contributed by atoms with van der Waals surface area (Å²) in [4.78, 5) is 10.3. The van der Waals surface area contributed by atoms with Crippen molar-refractivity contribution in [1.29, 1.82) is 0 Å². The fourth-order valence-electron chi connectivity index (χ4n) is 1.63. The van der Waals surface area contributed by atoms with Crippen LogP contribution in [0.25, 0.3) is 12.2 Å². The van der Waals surface area contributed by atoms with Crippen molar-refractivity contribution < 1.29 is 4.92 Å². The van der Waals surface area contributed by atoms with E-state index in [2.05, 4.69) is 0 Å². The Bertz CT molecular complexity index is 592. The summed E-state index contributed by atoms with van der Waals surface area (Å²) >= 11 is 0. The molecule has 2 aromatic rings. The van der Waals surface area contributed by atoms with Gasteiger partial charge in [0.25, 0.3) is 5.69 Å². The molecule has 0 saturated carbocycles. The van der Waals surface area contributed by atoms with E-state index in [4.69, 9.17) is 5.73 Å². The standard InChI is InChI=1S/C14H12N2O2/c15-14-12(7-4-8-13(14)16(17)18)10-9-11-5-2-1-3-6-11/h1-10H,15H2/b10-9-. The number of nitrogen functional groups attached to an aromatic ring is 1. The van der Waals surface area contributed by atoms with Crippen LogP contribution in [-0.4, -0.2) is 4.92 Å². The van der Waals surface area contributed by atoms with Crippen LogP contribution >= 0.6 is 0 Å². The molecule has 0 aliphatic carbocycles. The lowest BCUT2D eigenvalue weighted by Crippen LogP contribution is -1.97. The van der Waals surface area contributed by atoms with Gasteiger partial charge in [0.15, 0.2) is 0 Å². The average Bonchev–Trinajstić information content (AvgIpc) is 2.38. The fourth-order valence-corrected chi connectivity index (χ4v) is 1.63. The van der Waals surface area contributed by atoms with Gasteiger partial charge >= 0.3 is 0 Å². The maximum absolute atomic E-state index is 10.7. The average molecular weight is 240 g/mol. The summed E-state index contributed by atoms with van der Waals surface area (Å²) in [7, 11) is 0. The van der Waals surface area contributed by atoms with Gasteiger partial charge in [0.1, 0.15) is 5.69 Å². The zero-order valence-electron chi connectivity index (χ0n) is 9.61. The van der Waals surface area contributed by atoms with Gasteiger partial charge in [-0.25, -0.2) is 0 Å². The lowest BCUT2D eigenvalue weighted by atomic mass is 10.1. The molecule has 0 aliphatic rings. The molecule has 2 rings (SSSR count). The summed E-state index contributed by atoms with van der Waals surface area (Å²) in [5.74, 6) is 0. The molecule has 0 heterocycles. The molecule has 4 nitrogen and oxygen atoms in total. The second-order valence-corrected chi connectivity index (χ2v) is 3.78. The van der Waals surface area contributed by atoms with E-state index < -0.39 is 4.92 Å². The topological polar surface area (TPSA) is 69.2 Å². The molecule has 90 valence electrons. The van der Waals surface area contributed by atoms with Gasteiger partial charge in [0, 0.05) is 11.6 Å². The lowest BCUT2D eigenvalue weighted by molar-refractivity contribution is -0.383. The number of nitrogens with two attached hydrogens (primary N) is 1. The van der Waals surface area contributed by atoms with Gasteiger partial charge in [0.05, 0.1) is 4.92 Å². The molecule has 0 bridgehead atoms. The molecular weight excluding hydrogens is 228 g/mol. The highest BCUT2D eigenvalue weighted by Crippen LogP contribution is 2.26. The Morgan fingerprint density at radius 2 is 1.72 bits per heavy atom. The maximum Gasteiger partial charge on any atom is 0.292 e. The first-order valence-electron chi connectivity index (χ1n) is 5.44. The number of nitro groups is 1. The van der Waals surface area contributed by atoms with E-state index in [1.54, 1.807) is 18.2 Å². The third-order valence-electron chi connectivity index (χ3n) is 2.57. The molecule has 2 N–H and O–H groups in total. The SMILES string of the molecule is Nc1c(/C=C\c2ccccc2)cccc1[N+](=O)[O-]. The minimum Gasteiger partial charge on any atom is -0.393 e. The molecule has 0 spiro atoms. The number of rotatable bonds is 3. The van der Waals surface area contributed by atoms with Crippen LogP contribution in [0.5, 0.6) is 0 Å². The number of para-hydroxylation sites is 1. The van der Waals surface area contributed by atoms with Crippen molar-refractivity contribution in [3.63, 3.8) is 0 Å². The number of hydrogen-bond donors (Lipinski definition) is 1. The predicted octanol–water partition coefficient (Wildman–Crippen LogP) is 3.35. The van der Waals surface area contributed by atoms with Crippen LogP contribution in [0.1, 0.15) is 11.1 Å². The number of anilines is 1. The Kier molecular flexibility index (Phi) is 3.38. The first-order valence-corrected chi connectivity index (χ1v) is 5.44. The third-order valence-corrected chi connectivity index (χ3v) is 2.57. The molecule has 0 amide bonds. The normalized spacial score (nSPS) is 10.7. The van der Waals surface area contributed by atoms with E-state index in [-0.39, 0.29) is 11.4 Å². The smallest absolute Gasteiger partial charge is 0.292 e. The largest absolute Gasteiger partial charge is 0.393 e. The minimum atomic E-state index is -0.477. The Hall–Kier alpha value is -2.62. The maximum atomic E-state index is 10.7. The fraction of sp³-hybridized carbons (Fsp3) is 0. The third kappa shape index (κ3) is 2.55. The molecule has 0 aromatic heterocycles. The first-order chi connectivity index (χ1) is 8.68. The van der Waals surface area contributed by atoms with Gasteiger partial charge in [-0.3, -0.25) is 10.1 Å².